The van der Waals surface area contributed by atoms with Crippen molar-refractivity contribution in [3.8, 4) is 0 Å². The third-order valence-electron chi connectivity index (χ3n) is 4.56. The number of rotatable bonds is 4. The Bertz CT molecular complexity index is 671. The molecule has 0 bridgehead atoms. The lowest BCUT2D eigenvalue weighted by Gasteiger charge is -2.21. The normalized spacial score (nSPS) is 24.0. The predicted octanol–water partition coefficient (Wildman–Crippen LogP) is 2.72. The number of nitrogens with zero attached hydrogens (tertiary/aromatic N) is 1. The number of fused-ring (bicyclic) bond motifs is 1. The maximum absolute atomic E-state index is 12.5. The Balaban J connectivity index is 1.64. The molecule has 1 aliphatic carbocycles. The van der Waals surface area contributed by atoms with Crippen LogP contribution < -0.4 is 0 Å². The van der Waals surface area contributed by atoms with Gasteiger partial charge in [0.05, 0.1) is 11.8 Å². The van der Waals surface area contributed by atoms with Crippen LogP contribution in [0.1, 0.15) is 25.3 Å². The zero-order chi connectivity index (χ0) is 17.3. The quantitative estimate of drug-likeness (QED) is 0.477. The van der Waals surface area contributed by atoms with Gasteiger partial charge in [0.15, 0.2) is 0 Å². The SMILES string of the molecule is C[C@@H](C(=O)OCc1ccc(Cl)cc1)N1C(=O)[C@H]2CC=CC[C@@H]2C1=O. The van der Waals surface area contributed by atoms with Crippen LogP contribution in [0.4, 0.5) is 0 Å². The monoisotopic (exact) mass is 347 g/mol. The fraction of sp³-hybridized carbons (Fsp3) is 0.389. The third-order valence-corrected chi connectivity index (χ3v) is 4.82. The van der Waals surface area contributed by atoms with Gasteiger partial charge in [-0.25, -0.2) is 4.79 Å². The summed E-state index contributed by atoms with van der Waals surface area (Å²) < 4.78 is 5.25. The molecular formula is C18H18ClNO4. The van der Waals surface area contributed by atoms with Gasteiger partial charge in [-0.05, 0) is 37.5 Å². The molecule has 3 atom stereocenters. The van der Waals surface area contributed by atoms with E-state index < -0.39 is 12.0 Å². The average molecular weight is 348 g/mol. The molecule has 1 heterocycles. The molecule has 1 saturated heterocycles. The molecule has 5 nitrogen and oxygen atoms in total. The predicted molar refractivity (Wildman–Crippen MR) is 87.9 cm³/mol. The minimum atomic E-state index is -0.914. The number of hydrogen-bond donors (Lipinski definition) is 0. The van der Waals surface area contributed by atoms with Crippen LogP contribution in [0.15, 0.2) is 36.4 Å². The Labute approximate surface area is 145 Å². The first-order chi connectivity index (χ1) is 11.5. The van der Waals surface area contributed by atoms with Crippen LogP contribution >= 0.6 is 11.6 Å². The molecule has 1 aromatic carbocycles. The van der Waals surface area contributed by atoms with Gasteiger partial charge in [-0.2, -0.15) is 0 Å². The summed E-state index contributed by atoms with van der Waals surface area (Å²) in [5, 5.41) is 0.600. The van der Waals surface area contributed by atoms with Crippen molar-refractivity contribution in [3.63, 3.8) is 0 Å². The van der Waals surface area contributed by atoms with Crippen LogP contribution in [0.25, 0.3) is 0 Å². The largest absolute Gasteiger partial charge is 0.459 e. The lowest BCUT2D eigenvalue weighted by atomic mass is 9.85. The number of imide groups is 1. The van der Waals surface area contributed by atoms with Gasteiger partial charge in [0.25, 0.3) is 0 Å². The summed E-state index contributed by atoms with van der Waals surface area (Å²) in [4.78, 5) is 38.2. The number of hydrogen-bond acceptors (Lipinski definition) is 4. The van der Waals surface area contributed by atoms with E-state index >= 15 is 0 Å². The molecule has 0 aromatic heterocycles. The second-order valence-corrected chi connectivity index (χ2v) is 6.55. The molecule has 0 saturated carbocycles. The number of benzene rings is 1. The van der Waals surface area contributed by atoms with E-state index in [0.717, 1.165) is 10.5 Å². The zero-order valence-corrected chi connectivity index (χ0v) is 14.0. The van der Waals surface area contributed by atoms with Gasteiger partial charge in [0.2, 0.25) is 11.8 Å². The summed E-state index contributed by atoms with van der Waals surface area (Å²) in [6.07, 6.45) is 4.94. The summed E-state index contributed by atoms with van der Waals surface area (Å²) in [6.45, 7) is 1.61. The lowest BCUT2D eigenvalue weighted by molar-refractivity contribution is -0.159. The Morgan fingerprint density at radius 3 is 2.25 bits per heavy atom. The summed E-state index contributed by atoms with van der Waals surface area (Å²) in [7, 11) is 0. The molecular weight excluding hydrogens is 330 g/mol. The van der Waals surface area contributed by atoms with Gasteiger partial charge in [-0.15, -0.1) is 0 Å². The molecule has 1 fully saturated rings. The lowest BCUT2D eigenvalue weighted by Crippen LogP contribution is -2.44. The van der Waals surface area contributed by atoms with E-state index in [0.29, 0.717) is 17.9 Å². The first kappa shape index (κ1) is 16.7. The smallest absolute Gasteiger partial charge is 0.329 e. The number of halogens is 1. The Hall–Kier alpha value is -2.14. The van der Waals surface area contributed by atoms with Gasteiger partial charge in [0, 0.05) is 5.02 Å². The number of amides is 2. The minimum Gasteiger partial charge on any atom is -0.459 e. The fourth-order valence-corrected chi connectivity index (χ4v) is 3.29. The summed E-state index contributed by atoms with van der Waals surface area (Å²) in [6, 6.07) is 6.01. The van der Waals surface area contributed by atoms with Crippen LogP contribution in [0.5, 0.6) is 0 Å². The molecule has 0 N–H and O–H groups in total. The number of carbonyl (C=O) groups excluding carboxylic acids is 3. The highest BCUT2D eigenvalue weighted by Crippen LogP contribution is 2.36. The van der Waals surface area contributed by atoms with E-state index in [1.807, 2.05) is 12.2 Å². The molecule has 126 valence electrons. The minimum absolute atomic E-state index is 0.0744. The van der Waals surface area contributed by atoms with Crippen molar-refractivity contribution < 1.29 is 19.1 Å². The number of likely N-dealkylation sites (tertiary alicyclic amines) is 1. The topological polar surface area (TPSA) is 63.7 Å². The number of esters is 1. The van der Waals surface area contributed by atoms with Crippen molar-refractivity contribution >= 4 is 29.4 Å². The molecule has 1 aliphatic heterocycles. The van der Waals surface area contributed by atoms with E-state index in [4.69, 9.17) is 16.3 Å². The molecule has 0 spiro atoms. The van der Waals surface area contributed by atoms with Gasteiger partial charge in [0.1, 0.15) is 12.6 Å². The van der Waals surface area contributed by atoms with E-state index in [1.54, 1.807) is 24.3 Å². The van der Waals surface area contributed by atoms with Crippen LogP contribution in [0.2, 0.25) is 5.02 Å². The summed E-state index contributed by atoms with van der Waals surface area (Å²) >= 11 is 5.81. The van der Waals surface area contributed by atoms with E-state index in [1.165, 1.54) is 6.92 Å². The first-order valence-electron chi connectivity index (χ1n) is 7.92. The molecule has 24 heavy (non-hydrogen) atoms. The van der Waals surface area contributed by atoms with Crippen LogP contribution in [0, 0.1) is 11.8 Å². The summed E-state index contributed by atoms with van der Waals surface area (Å²) in [5.41, 5.74) is 0.789. The molecule has 1 aromatic rings. The second kappa shape index (κ2) is 6.77. The van der Waals surface area contributed by atoms with E-state index in [-0.39, 0.29) is 30.3 Å². The van der Waals surface area contributed by atoms with Crippen molar-refractivity contribution in [3.05, 3.63) is 47.0 Å². The van der Waals surface area contributed by atoms with Crippen molar-refractivity contribution in [1.29, 1.82) is 0 Å². The number of ether oxygens (including phenoxy) is 1. The molecule has 0 unspecified atom stereocenters. The highest BCUT2D eigenvalue weighted by Gasteiger charge is 2.50. The van der Waals surface area contributed by atoms with Crippen LogP contribution in [-0.4, -0.2) is 28.7 Å². The maximum Gasteiger partial charge on any atom is 0.329 e. The Morgan fingerprint density at radius 2 is 1.71 bits per heavy atom. The Kier molecular flexibility index (Phi) is 4.71. The third kappa shape index (κ3) is 3.08. The van der Waals surface area contributed by atoms with Crippen molar-refractivity contribution in [2.24, 2.45) is 11.8 Å². The van der Waals surface area contributed by atoms with Gasteiger partial charge in [-0.3, -0.25) is 14.5 Å². The van der Waals surface area contributed by atoms with Crippen LogP contribution in [-0.2, 0) is 25.7 Å². The van der Waals surface area contributed by atoms with Gasteiger partial charge in [-0.1, -0.05) is 35.9 Å². The molecule has 2 amide bonds. The average Bonchev–Trinajstić information content (AvgIpc) is 2.85. The fourth-order valence-electron chi connectivity index (χ4n) is 3.17. The number of carbonyl (C=O) groups is 3. The van der Waals surface area contributed by atoms with Crippen molar-refractivity contribution in [1.82, 2.24) is 4.90 Å². The second-order valence-electron chi connectivity index (χ2n) is 6.11. The van der Waals surface area contributed by atoms with E-state index in [2.05, 4.69) is 0 Å². The Morgan fingerprint density at radius 1 is 1.17 bits per heavy atom. The number of allylic oxidation sites excluding steroid dienone is 2. The summed E-state index contributed by atoms with van der Waals surface area (Å²) in [5.74, 6) is -1.81. The van der Waals surface area contributed by atoms with Crippen LogP contribution in [0.3, 0.4) is 0 Å². The van der Waals surface area contributed by atoms with Crippen molar-refractivity contribution in [2.45, 2.75) is 32.4 Å². The molecule has 6 heteroatoms. The van der Waals surface area contributed by atoms with E-state index in [9.17, 15) is 14.4 Å². The van der Waals surface area contributed by atoms with Gasteiger partial charge >= 0.3 is 5.97 Å². The molecule has 2 aliphatic rings. The van der Waals surface area contributed by atoms with Crippen molar-refractivity contribution in [2.75, 3.05) is 0 Å². The highest BCUT2D eigenvalue weighted by atomic mass is 35.5. The standard InChI is InChI=1S/C18H18ClNO4/c1-11(18(23)24-10-12-6-8-13(19)9-7-12)20-16(21)14-4-2-3-5-15(14)17(20)22/h2-3,6-9,11,14-15H,4-5,10H2,1H3/t11-,14-,15-/m0/s1. The molecule has 3 rings (SSSR count). The molecule has 0 radical (unpaired) electrons. The van der Waals surface area contributed by atoms with Gasteiger partial charge < -0.3 is 4.74 Å². The first-order valence-corrected chi connectivity index (χ1v) is 8.30. The maximum atomic E-state index is 12.5. The zero-order valence-electron chi connectivity index (χ0n) is 13.3. The highest BCUT2D eigenvalue weighted by molar-refractivity contribution is 6.30.